The van der Waals surface area contributed by atoms with Gasteiger partial charge in [-0.2, -0.15) is 4.68 Å². The second-order valence-electron chi connectivity index (χ2n) is 18.1. The zero-order valence-corrected chi connectivity index (χ0v) is 36.2. The van der Waals surface area contributed by atoms with Gasteiger partial charge in [0.2, 0.25) is 0 Å². The Hall–Kier alpha value is -5.18. The molecule has 1 aromatic heterocycles. The molecule has 4 aromatic carbocycles. The summed E-state index contributed by atoms with van der Waals surface area (Å²) in [7, 11) is -0.435. The summed E-state index contributed by atoms with van der Waals surface area (Å²) in [5, 5.41) is 5.58. The number of fused-ring (bicyclic) bond motifs is 2. The SMILES string of the molecule is CC(C)(C)OC(=O)n1nc(N(B2CO2)B2CO2)c2cc(CN3C(=O)N(CCCOCc4ccccc4)[C@H](Cc4ccccc4)[C@@H]4OC(C)(C)O[C@H]4[C@H]3Cc3ccccc3)ccc21. The number of benzene rings is 4. The summed E-state index contributed by atoms with van der Waals surface area (Å²) in [6, 6.07) is 35.8. The molecule has 0 bridgehead atoms. The monoisotopic (exact) mass is 839 g/mol. The van der Waals surface area contributed by atoms with Gasteiger partial charge in [-0.05, 0) is 88.3 Å². The molecular weight excluding hydrogens is 784 g/mol. The molecule has 13 nitrogen and oxygen atoms in total. The molecule has 15 heteroatoms. The Morgan fingerprint density at radius 2 is 1.34 bits per heavy atom. The van der Waals surface area contributed by atoms with Gasteiger partial charge < -0.3 is 42.8 Å². The van der Waals surface area contributed by atoms with Crippen molar-refractivity contribution in [3.8, 4) is 0 Å². The van der Waals surface area contributed by atoms with E-state index in [0.29, 0.717) is 63.4 Å². The van der Waals surface area contributed by atoms with E-state index in [9.17, 15) is 4.79 Å². The minimum atomic E-state index is -0.890. The highest BCUT2D eigenvalue weighted by Gasteiger charge is 2.56. The van der Waals surface area contributed by atoms with Gasteiger partial charge in [-0.25, -0.2) is 9.59 Å². The summed E-state index contributed by atoms with van der Waals surface area (Å²) >= 11 is 0. The largest absolute Gasteiger partial charge is 0.442 e. The normalized spacial score (nSPS) is 21.9. The number of carbonyl (C=O) groups is 2. The van der Waals surface area contributed by atoms with Crippen molar-refractivity contribution in [1.82, 2.24) is 19.6 Å². The minimum Gasteiger partial charge on any atom is -0.442 e. The number of aromatic nitrogens is 2. The molecule has 0 saturated carbocycles. The summed E-state index contributed by atoms with van der Waals surface area (Å²) in [5.74, 6) is -0.325. The first-order valence-corrected chi connectivity index (χ1v) is 21.8. The van der Waals surface area contributed by atoms with Crippen LogP contribution in [-0.2, 0) is 54.2 Å². The van der Waals surface area contributed by atoms with Gasteiger partial charge in [0.15, 0.2) is 5.79 Å². The predicted molar refractivity (Wildman–Crippen MR) is 237 cm³/mol. The van der Waals surface area contributed by atoms with E-state index in [-0.39, 0.29) is 32.7 Å². The Labute approximate surface area is 364 Å². The lowest BCUT2D eigenvalue weighted by Crippen LogP contribution is -2.52. The van der Waals surface area contributed by atoms with Crippen LogP contribution in [0, 0.1) is 0 Å². The molecule has 4 aliphatic heterocycles. The Kier molecular flexibility index (Phi) is 11.9. The molecule has 4 aliphatic rings. The van der Waals surface area contributed by atoms with Gasteiger partial charge >= 0.3 is 26.2 Å². The molecule has 62 heavy (non-hydrogen) atoms. The van der Waals surface area contributed by atoms with Crippen LogP contribution in [0.15, 0.2) is 109 Å². The van der Waals surface area contributed by atoms with Crippen molar-refractivity contribution in [2.75, 3.05) is 30.9 Å². The third kappa shape index (κ3) is 9.57. The Bertz CT molecular complexity index is 2330. The number of carbonyl (C=O) groups excluding carboxylic acids is 2. The highest BCUT2D eigenvalue weighted by atomic mass is 16.8. The molecule has 0 radical (unpaired) electrons. The molecule has 4 saturated heterocycles. The van der Waals surface area contributed by atoms with E-state index in [1.54, 1.807) is 0 Å². The summed E-state index contributed by atoms with van der Waals surface area (Å²) in [6.45, 7) is 12.2. The van der Waals surface area contributed by atoms with Gasteiger partial charge in [0.25, 0.3) is 0 Å². The molecule has 4 atom stereocenters. The molecule has 5 heterocycles. The molecule has 0 N–H and O–H groups in total. The summed E-state index contributed by atoms with van der Waals surface area (Å²) in [5.41, 5.74) is 4.02. The second-order valence-corrected chi connectivity index (χ2v) is 18.1. The van der Waals surface area contributed by atoms with Gasteiger partial charge in [0.05, 0.1) is 37.2 Å². The average molecular weight is 840 g/mol. The van der Waals surface area contributed by atoms with E-state index in [2.05, 4.69) is 36.4 Å². The standard InChI is InChI=1S/C47H55B2N5O8/c1-46(2,3)62-45(56)53-38-23-22-36(26-37(38)43(50-53)54(48-31-58-48)49-32-59-49)29-52-40(28-34-18-11-7-12-19-34)42-41(60-47(4,5)61-42)39(27-33-16-9-6-10-17-33)51(44(52)55)24-15-25-57-30-35-20-13-8-14-21-35/h6-14,16-23,26,39-42H,15,24-25,27-32H2,1-5H3/t39-,40-,41+,42+/m1/s1. The first-order chi connectivity index (χ1) is 29.9. The zero-order valence-electron chi connectivity index (χ0n) is 36.2. The first kappa shape index (κ1) is 42.1. The number of hydrogen-bond acceptors (Lipinski definition) is 10. The van der Waals surface area contributed by atoms with E-state index in [4.69, 9.17) is 33.4 Å². The fourth-order valence-corrected chi connectivity index (χ4v) is 8.87. The summed E-state index contributed by atoms with van der Waals surface area (Å²) < 4.78 is 40.6. The maximum atomic E-state index is 15.7. The van der Waals surface area contributed by atoms with Gasteiger partial charge in [0, 0.05) is 25.1 Å². The van der Waals surface area contributed by atoms with Crippen LogP contribution in [-0.4, -0.2) is 108 Å². The first-order valence-electron chi connectivity index (χ1n) is 21.8. The molecular formula is C47H55B2N5O8. The quantitative estimate of drug-likeness (QED) is 0.0602. The number of nitrogens with zero attached hydrogens (tertiary/aromatic N) is 5. The molecule has 0 aliphatic carbocycles. The van der Waals surface area contributed by atoms with Gasteiger partial charge in [-0.15, -0.1) is 5.10 Å². The van der Waals surface area contributed by atoms with Crippen molar-refractivity contribution in [3.63, 3.8) is 0 Å². The fraction of sp³-hybridized carbons (Fsp3) is 0.426. The van der Waals surface area contributed by atoms with E-state index < -0.39 is 35.7 Å². The number of hydrogen-bond donors (Lipinski definition) is 0. The van der Waals surface area contributed by atoms with Gasteiger partial charge in [0.1, 0.15) is 23.6 Å². The molecule has 0 unspecified atom stereocenters. The summed E-state index contributed by atoms with van der Waals surface area (Å²) in [6.07, 6.45) is 0.307. The van der Waals surface area contributed by atoms with Gasteiger partial charge in [-0.1, -0.05) is 97.1 Å². The van der Waals surface area contributed by atoms with E-state index in [1.807, 2.05) is 122 Å². The Morgan fingerprint density at radius 3 is 1.89 bits per heavy atom. The molecule has 9 rings (SSSR count). The van der Waals surface area contributed by atoms with Crippen molar-refractivity contribution in [2.45, 2.75) is 103 Å². The van der Waals surface area contributed by atoms with Crippen molar-refractivity contribution in [2.24, 2.45) is 0 Å². The van der Waals surface area contributed by atoms with Crippen LogP contribution in [0.25, 0.3) is 10.9 Å². The maximum Gasteiger partial charge on any atom is 0.435 e. The fourth-order valence-electron chi connectivity index (χ4n) is 8.87. The van der Waals surface area contributed by atoms with Crippen molar-refractivity contribution < 1.29 is 37.8 Å². The number of urea groups is 1. The Morgan fingerprint density at radius 1 is 0.790 bits per heavy atom. The lowest BCUT2D eigenvalue weighted by Gasteiger charge is -2.37. The van der Waals surface area contributed by atoms with Crippen molar-refractivity contribution >= 4 is 42.9 Å². The smallest absolute Gasteiger partial charge is 0.435 e. The van der Waals surface area contributed by atoms with Gasteiger partial charge in [-0.3, -0.25) is 0 Å². The lowest BCUT2D eigenvalue weighted by molar-refractivity contribution is -0.157. The zero-order chi connectivity index (χ0) is 43.0. The van der Waals surface area contributed by atoms with Crippen LogP contribution in [0.5, 0.6) is 0 Å². The van der Waals surface area contributed by atoms with Crippen molar-refractivity contribution in [1.29, 1.82) is 0 Å². The van der Waals surface area contributed by atoms with Crippen molar-refractivity contribution in [3.05, 3.63) is 131 Å². The van der Waals surface area contributed by atoms with E-state index in [1.165, 1.54) is 4.68 Å². The second kappa shape index (κ2) is 17.5. The van der Waals surface area contributed by atoms with E-state index >= 15 is 4.79 Å². The molecule has 4 fully saturated rings. The summed E-state index contributed by atoms with van der Waals surface area (Å²) in [4.78, 5) is 33.3. The third-order valence-corrected chi connectivity index (χ3v) is 11.7. The van der Waals surface area contributed by atoms with E-state index in [0.717, 1.165) is 27.6 Å². The minimum absolute atomic E-state index is 0.0986. The molecule has 322 valence electrons. The van der Waals surface area contributed by atoms with Crippen LogP contribution in [0.4, 0.5) is 15.4 Å². The maximum absolute atomic E-state index is 15.7. The average Bonchev–Trinajstić information content (AvgIpc) is 4.20. The lowest BCUT2D eigenvalue weighted by atomic mass is 9.76. The molecule has 2 amide bonds. The molecule has 0 spiro atoms. The van der Waals surface area contributed by atoms with Crippen LogP contribution in [0.1, 0.15) is 63.3 Å². The number of anilines is 1. The van der Waals surface area contributed by atoms with Crippen LogP contribution in [0.3, 0.4) is 0 Å². The third-order valence-electron chi connectivity index (χ3n) is 11.7. The highest BCUT2D eigenvalue weighted by Crippen LogP contribution is 2.41. The Balaban J connectivity index is 1.11. The molecule has 5 aromatic rings. The van der Waals surface area contributed by atoms with Crippen LogP contribution in [0.2, 0.25) is 0 Å². The number of amides is 2. The van der Waals surface area contributed by atoms with Crippen LogP contribution < -0.4 is 4.72 Å². The predicted octanol–water partition coefficient (Wildman–Crippen LogP) is 7.33. The highest BCUT2D eigenvalue weighted by molar-refractivity contribution is 6.84. The topological polar surface area (TPSA) is 124 Å². The number of rotatable bonds is 15. The van der Waals surface area contributed by atoms with Crippen LogP contribution >= 0.6 is 0 Å². The number of ether oxygens (including phenoxy) is 4.